The predicted molar refractivity (Wildman–Crippen MR) is 78.4 cm³/mol. The number of alkyl halides is 2. The van der Waals surface area contributed by atoms with Crippen LogP contribution in [0.4, 0.5) is 8.78 Å². The molecular formula is C14H18ClF2NOSi. The van der Waals surface area contributed by atoms with Crippen molar-refractivity contribution in [3.05, 3.63) is 34.9 Å². The smallest absolute Gasteiger partial charge is 0.277 e. The van der Waals surface area contributed by atoms with Crippen molar-refractivity contribution in [1.82, 2.24) is 0 Å². The van der Waals surface area contributed by atoms with Gasteiger partial charge >= 0.3 is 0 Å². The van der Waals surface area contributed by atoms with Crippen LogP contribution in [0.1, 0.15) is 24.5 Å². The van der Waals surface area contributed by atoms with Crippen molar-refractivity contribution in [2.24, 2.45) is 0 Å². The van der Waals surface area contributed by atoms with Gasteiger partial charge in [-0.3, -0.25) is 0 Å². The van der Waals surface area contributed by atoms with Crippen LogP contribution in [0.2, 0.25) is 24.7 Å². The van der Waals surface area contributed by atoms with E-state index in [2.05, 4.69) is 0 Å². The number of nitriles is 1. The number of rotatable bonds is 6. The molecule has 0 aliphatic rings. The number of nitrogens with zero attached hydrogens (tertiary/aromatic N) is 1. The van der Waals surface area contributed by atoms with E-state index in [1.807, 2.05) is 19.6 Å². The van der Waals surface area contributed by atoms with Crippen LogP contribution < -0.4 is 0 Å². The van der Waals surface area contributed by atoms with E-state index in [0.29, 0.717) is 10.6 Å². The van der Waals surface area contributed by atoms with Gasteiger partial charge in [-0.2, -0.15) is 5.26 Å². The molecule has 0 amide bonds. The molecule has 2 nitrogen and oxygen atoms in total. The maximum absolute atomic E-state index is 14.3. The van der Waals surface area contributed by atoms with Crippen LogP contribution in [0.3, 0.4) is 0 Å². The molecular weight excluding hydrogens is 300 g/mol. The quantitative estimate of drug-likeness (QED) is 0.678. The van der Waals surface area contributed by atoms with E-state index in [4.69, 9.17) is 21.3 Å². The van der Waals surface area contributed by atoms with Gasteiger partial charge in [-0.25, -0.2) is 8.78 Å². The fourth-order valence-corrected chi connectivity index (χ4v) is 2.88. The average molecular weight is 318 g/mol. The second kappa shape index (κ2) is 6.66. The Morgan fingerprint density at radius 2 is 1.85 bits per heavy atom. The molecule has 0 aromatic heterocycles. The summed E-state index contributed by atoms with van der Waals surface area (Å²) >= 11 is 5.78. The Bertz CT molecular complexity index is 479. The Morgan fingerprint density at radius 3 is 2.30 bits per heavy atom. The van der Waals surface area contributed by atoms with Gasteiger partial charge in [0, 0.05) is 17.9 Å². The Kier molecular flexibility index (Phi) is 5.69. The summed E-state index contributed by atoms with van der Waals surface area (Å²) < 4.78 is 34.3. The standard InChI is InChI=1S/C14H18ClF2NOSi/c1-20(2,3)19-13(14(16,17)9-4-10-18)11-5-7-12(15)8-6-11/h5-8,13H,4,9H2,1-3H3. The molecule has 1 atom stereocenters. The summed E-state index contributed by atoms with van der Waals surface area (Å²) in [5.74, 6) is -3.08. The predicted octanol–water partition coefficient (Wildman–Crippen LogP) is 5.17. The van der Waals surface area contributed by atoms with Gasteiger partial charge in [0.1, 0.15) is 6.10 Å². The lowest BCUT2D eigenvalue weighted by Gasteiger charge is -2.32. The van der Waals surface area contributed by atoms with Gasteiger partial charge in [0.05, 0.1) is 6.07 Å². The highest BCUT2D eigenvalue weighted by Gasteiger charge is 2.43. The van der Waals surface area contributed by atoms with Gasteiger partial charge in [-0.15, -0.1) is 0 Å². The fourth-order valence-electron chi connectivity index (χ4n) is 1.74. The van der Waals surface area contributed by atoms with Crippen molar-refractivity contribution in [2.45, 2.75) is 44.5 Å². The molecule has 1 aromatic carbocycles. The molecule has 1 aromatic rings. The largest absolute Gasteiger partial charge is 0.405 e. The summed E-state index contributed by atoms with van der Waals surface area (Å²) in [6.45, 7) is 5.57. The molecule has 110 valence electrons. The van der Waals surface area contributed by atoms with E-state index in [0.717, 1.165) is 0 Å². The molecule has 0 bridgehead atoms. The van der Waals surface area contributed by atoms with E-state index in [1.165, 1.54) is 0 Å². The second-order valence-electron chi connectivity index (χ2n) is 5.58. The first kappa shape index (κ1) is 17.1. The molecule has 0 aliphatic carbocycles. The third-order valence-corrected chi connectivity index (χ3v) is 3.79. The highest BCUT2D eigenvalue weighted by Crippen LogP contribution is 2.40. The summed E-state index contributed by atoms with van der Waals surface area (Å²) in [5.41, 5.74) is 0.389. The maximum Gasteiger partial charge on any atom is 0.277 e. The van der Waals surface area contributed by atoms with E-state index in [-0.39, 0.29) is 6.42 Å². The third kappa shape index (κ3) is 5.20. The molecule has 0 saturated heterocycles. The van der Waals surface area contributed by atoms with Crippen LogP contribution in [-0.4, -0.2) is 14.2 Å². The molecule has 0 saturated carbocycles. The van der Waals surface area contributed by atoms with Gasteiger partial charge in [0.2, 0.25) is 0 Å². The molecule has 20 heavy (non-hydrogen) atoms. The second-order valence-corrected chi connectivity index (χ2v) is 10.5. The Hall–Kier alpha value is -0.963. The summed E-state index contributed by atoms with van der Waals surface area (Å²) in [4.78, 5) is 0. The summed E-state index contributed by atoms with van der Waals surface area (Å²) in [6, 6.07) is 7.99. The van der Waals surface area contributed by atoms with E-state index in [9.17, 15) is 8.78 Å². The summed E-state index contributed by atoms with van der Waals surface area (Å²) in [7, 11) is -2.16. The fraction of sp³-hybridized carbons (Fsp3) is 0.500. The maximum atomic E-state index is 14.3. The number of halogens is 3. The summed E-state index contributed by atoms with van der Waals surface area (Å²) in [5, 5.41) is 9.00. The van der Waals surface area contributed by atoms with Gasteiger partial charge in [-0.1, -0.05) is 23.7 Å². The molecule has 0 fully saturated rings. The first-order chi connectivity index (χ1) is 9.15. The number of benzene rings is 1. The monoisotopic (exact) mass is 317 g/mol. The molecule has 0 N–H and O–H groups in total. The zero-order chi connectivity index (χ0) is 15.4. The Labute approximate surface area is 124 Å². The van der Waals surface area contributed by atoms with Crippen LogP contribution in [0.5, 0.6) is 0 Å². The van der Waals surface area contributed by atoms with Gasteiger partial charge in [-0.05, 0) is 37.3 Å². The van der Waals surface area contributed by atoms with Crippen molar-refractivity contribution < 1.29 is 13.2 Å². The van der Waals surface area contributed by atoms with Crippen LogP contribution in [0.25, 0.3) is 0 Å². The average Bonchev–Trinajstić information content (AvgIpc) is 2.34. The first-order valence-electron chi connectivity index (χ1n) is 6.34. The van der Waals surface area contributed by atoms with E-state index < -0.39 is 26.8 Å². The van der Waals surface area contributed by atoms with Crippen molar-refractivity contribution in [1.29, 1.82) is 5.26 Å². The SMILES string of the molecule is C[Si](C)(C)OC(c1ccc(Cl)cc1)C(F)(F)CCC#N. The van der Waals surface area contributed by atoms with Crippen LogP contribution in [-0.2, 0) is 4.43 Å². The molecule has 1 unspecified atom stereocenters. The van der Waals surface area contributed by atoms with E-state index in [1.54, 1.807) is 30.3 Å². The third-order valence-electron chi connectivity index (χ3n) is 2.60. The molecule has 0 aliphatic heterocycles. The topological polar surface area (TPSA) is 33.0 Å². The molecule has 0 radical (unpaired) electrons. The normalized spacial score (nSPS) is 13.8. The van der Waals surface area contributed by atoms with Gasteiger partial charge in [0.15, 0.2) is 8.32 Å². The molecule has 6 heteroatoms. The van der Waals surface area contributed by atoms with Crippen LogP contribution >= 0.6 is 11.6 Å². The summed E-state index contributed by atoms with van der Waals surface area (Å²) in [6.07, 6.45) is -2.05. The zero-order valence-electron chi connectivity index (χ0n) is 11.8. The molecule has 0 heterocycles. The van der Waals surface area contributed by atoms with Gasteiger partial charge < -0.3 is 4.43 Å². The first-order valence-corrected chi connectivity index (χ1v) is 10.1. The highest BCUT2D eigenvalue weighted by atomic mass is 35.5. The molecule has 1 rings (SSSR count). The Balaban J connectivity index is 3.08. The highest BCUT2D eigenvalue weighted by molar-refractivity contribution is 6.69. The zero-order valence-corrected chi connectivity index (χ0v) is 13.5. The minimum absolute atomic E-state index is 0.202. The minimum atomic E-state index is -3.08. The van der Waals surface area contributed by atoms with Crippen molar-refractivity contribution in [3.8, 4) is 6.07 Å². The lowest BCUT2D eigenvalue weighted by molar-refractivity contribution is -0.106. The van der Waals surface area contributed by atoms with E-state index >= 15 is 0 Å². The lowest BCUT2D eigenvalue weighted by atomic mass is 10.0. The van der Waals surface area contributed by atoms with Crippen molar-refractivity contribution in [3.63, 3.8) is 0 Å². The molecule has 0 spiro atoms. The Morgan fingerprint density at radius 1 is 1.30 bits per heavy atom. The minimum Gasteiger partial charge on any atom is -0.405 e. The number of hydrogen-bond donors (Lipinski definition) is 0. The van der Waals surface area contributed by atoms with Crippen LogP contribution in [0.15, 0.2) is 24.3 Å². The van der Waals surface area contributed by atoms with Crippen LogP contribution in [0, 0.1) is 11.3 Å². The number of hydrogen-bond acceptors (Lipinski definition) is 2. The van der Waals surface area contributed by atoms with Crippen molar-refractivity contribution >= 4 is 19.9 Å². The van der Waals surface area contributed by atoms with Crippen molar-refractivity contribution in [2.75, 3.05) is 0 Å². The van der Waals surface area contributed by atoms with Gasteiger partial charge in [0.25, 0.3) is 5.92 Å². The lowest BCUT2D eigenvalue weighted by Crippen LogP contribution is -2.37.